The zero-order valence-electron chi connectivity index (χ0n) is 23.2. The lowest BCUT2D eigenvalue weighted by Crippen LogP contribution is -1.93. The van der Waals surface area contributed by atoms with Crippen LogP contribution in [0.1, 0.15) is 44.2 Å². The minimum Gasteiger partial charge on any atom is -0.129 e. The van der Waals surface area contributed by atoms with Crippen molar-refractivity contribution in [1.82, 2.24) is 0 Å². The van der Waals surface area contributed by atoms with Gasteiger partial charge in [-0.05, 0) is 105 Å². The van der Waals surface area contributed by atoms with E-state index in [-0.39, 0.29) is 0 Å². The predicted molar refractivity (Wildman–Crippen MR) is 176 cm³/mol. The molecule has 0 radical (unpaired) electrons. The number of thioether (sulfide) groups is 1. The highest BCUT2D eigenvalue weighted by atomic mass is 79.9. The molecule has 5 aromatic rings. The third-order valence-corrected chi connectivity index (χ3v) is 9.11. The van der Waals surface area contributed by atoms with Gasteiger partial charge in [0.15, 0.2) is 0 Å². The monoisotopic (exact) mass is 590 g/mol. The highest BCUT2D eigenvalue weighted by Gasteiger charge is 2.13. The molecular formula is C37H35BrS. The maximum atomic E-state index is 3.53. The van der Waals surface area contributed by atoms with Gasteiger partial charge in [0, 0.05) is 9.37 Å². The second kappa shape index (κ2) is 12.4. The Morgan fingerprint density at radius 1 is 0.590 bits per heavy atom. The van der Waals surface area contributed by atoms with Gasteiger partial charge in [-0.15, -0.1) is 11.8 Å². The van der Waals surface area contributed by atoms with Gasteiger partial charge in [-0.2, -0.15) is 0 Å². The number of aryl methyl sites for hydroxylation is 1. The van der Waals surface area contributed by atoms with Crippen molar-refractivity contribution < 1.29 is 0 Å². The summed E-state index contributed by atoms with van der Waals surface area (Å²) in [5.41, 5.74) is 13.0. The van der Waals surface area contributed by atoms with Gasteiger partial charge in [-0.25, -0.2) is 0 Å². The molecule has 0 fully saturated rings. The number of hydrogen-bond donors (Lipinski definition) is 0. The molecular weight excluding hydrogens is 556 g/mol. The zero-order chi connectivity index (χ0) is 27.4. The molecule has 0 bridgehead atoms. The minimum atomic E-state index is 0.604. The molecule has 0 aliphatic heterocycles. The Morgan fingerprint density at radius 3 is 1.49 bits per heavy atom. The molecule has 0 nitrogen and oxygen atoms in total. The molecule has 0 saturated heterocycles. The van der Waals surface area contributed by atoms with Crippen molar-refractivity contribution in [3.63, 3.8) is 0 Å². The fraction of sp³-hybridized carbons (Fsp3) is 0.189. The standard InChI is InChI=1S/C37H35BrS/c1-5-25(3)27-7-9-28(10-8-27)29-11-15-32(16-12-29)35-24-37(39-4)36(23-26(35)6-2)33-17-13-30(14-18-33)31-19-21-34(38)22-20-31/h7-25H,5-6H2,1-4H3. The summed E-state index contributed by atoms with van der Waals surface area (Å²) in [7, 11) is 0. The first-order valence-corrected chi connectivity index (χ1v) is 15.8. The van der Waals surface area contributed by atoms with Crippen LogP contribution < -0.4 is 0 Å². The molecule has 5 aromatic carbocycles. The van der Waals surface area contributed by atoms with Crippen LogP contribution in [0.4, 0.5) is 0 Å². The topological polar surface area (TPSA) is 0 Å². The predicted octanol–water partition coefficient (Wildman–Crippen LogP) is 11.9. The van der Waals surface area contributed by atoms with E-state index < -0.39 is 0 Å². The fourth-order valence-corrected chi connectivity index (χ4v) is 6.04. The van der Waals surface area contributed by atoms with Crippen LogP contribution in [0.15, 0.2) is 119 Å². The van der Waals surface area contributed by atoms with Crippen molar-refractivity contribution in [2.24, 2.45) is 0 Å². The van der Waals surface area contributed by atoms with Crippen molar-refractivity contribution in [3.8, 4) is 44.5 Å². The Kier molecular flexibility index (Phi) is 8.75. The van der Waals surface area contributed by atoms with Crippen LogP contribution in [0, 0.1) is 0 Å². The summed E-state index contributed by atoms with van der Waals surface area (Å²) < 4.78 is 1.10. The molecule has 0 N–H and O–H groups in total. The van der Waals surface area contributed by atoms with Crippen molar-refractivity contribution >= 4 is 27.7 Å². The van der Waals surface area contributed by atoms with E-state index in [1.807, 2.05) is 11.8 Å². The summed E-state index contributed by atoms with van der Waals surface area (Å²) in [5.74, 6) is 0.604. The van der Waals surface area contributed by atoms with Gasteiger partial charge in [0.05, 0.1) is 0 Å². The summed E-state index contributed by atoms with van der Waals surface area (Å²) in [5, 5.41) is 0. The van der Waals surface area contributed by atoms with Gasteiger partial charge in [-0.3, -0.25) is 0 Å². The molecule has 5 rings (SSSR count). The summed E-state index contributed by atoms with van der Waals surface area (Å²) in [6, 6.07) is 40.4. The number of hydrogen-bond acceptors (Lipinski definition) is 1. The maximum absolute atomic E-state index is 3.53. The minimum absolute atomic E-state index is 0.604. The highest BCUT2D eigenvalue weighted by Crippen LogP contribution is 2.38. The van der Waals surface area contributed by atoms with Gasteiger partial charge in [0.2, 0.25) is 0 Å². The van der Waals surface area contributed by atoms with Crippen LogP contribution in [0.3, 0.4) is 0 Å². The van der Waals surface area contributed by atoms with Gasteiger partial charge >= 0.3 is 0 Å². The van der Waals surface area contributed by atoms with Gasteiger partial charge < -0.3 is 0 Å². The Labute approximate surface area is 246 Å². The highest BCUT2D eigenvalue weighted by molar-refractivity contribution is 9.10. The van der Waals surface area contributed by atoms with Gasteiger partial charge in [-0.1, -0.05) is 122 Å². The molecule has 196 valence electrons. The van der Waals surface area contributed by atoms with Crippen molar-refractivity contribution in [3.05, 3.63) is 125 Å². The lowest BCUT2D eigenvalue weighted by atomic mass is 9.91. The van der Waals surface area contributed by atoms with E-state index in [0.717, 1.165) is 10.9 Å². The van der Waals surface area contributed by atoms with Crippen LogP contribution in [-0.2, 0) is 6.42 Å². The van der Waals surface area contributed by atoms with E-state index in [0.29, 0.717) is 5.92 Å². The van der Waals surface area contributed by atoms with Crippen LogP contribution >= 0.6 is 27.7 Å². The zero-order valence-corrected chi connectivity index (χ0v) is 25.6. The van der Waals surface area contributed by atoms with Crippen LogP contribution in [0.25, 0.3) is 44.5 Å². The number of halogens is 1. The third-order valence-electron chi connectivity index (χ3n) is 7.80. The molecule has 0 aliphatic carbocycles. The molecule has 0 saturated carbocycles. The molecule has 1 unspecified atom stereocenters. The fourth-order valence-electron chi connectivity index (χ4n) is 5.15. The van der Waals surface area contributed by atoms with Gasteiger partial charge in [0.1, 0.15) is 0 Å². The summed E-state index contributed by atoms with van der Waals surface area (Å²) in [6.45, 7) is 6.80. The van der Waals surface area contributed by atoms with E-state index in [9.17, 15) is 0 Å². The molecule has 0 aliphatic rings. The Hall–Kier alpha value is -3.07. The van der Waals surface area contributed by atoms with Crippen molar-refractivity contribution in [2.45, 2.75) is 44.4 Å². The van der Waals surface area contributed by atoms with Crippen molar-refractivity contribution in [2.75, 3.05) is 6.26 Å². The first-order chi connectivity index (χ1) is 19.0. The van der Waals surface area contributed by atoms with E-state index in [4.69, 9.17) is 0 Å². The molecule has 0 aromatic heterocycles. The van der Waals surface area contributed by atoms with Crippen molar-refractivity contribution in [1.29, 1.82) is 0 Å². The SMILES string of the molecule is CCc1cc(-c2ccc(-c3ccc(Br)cc3)cc2)c(SC)cc1-c1ccc(-c2ccc(C(C)CC)cc2)cc1. The summed E-state index contributed by atoms with van der Waals surface area (Å²) in [4.78, 5) is 1.31. The second-order valence-corrected chi connectivity index (χ2v) is 11.9. The maximum Gasteiger partial charge on any atom is 0.0175 e. The van der Waals surface area contributed by atoms with E-state index in [1.165, 1.54) is 67.0 Å². The van der Waals surface area contributed by atoms with Crippen LogP contribution in [0.5, 0.6) is 0 Å². The Balaban J connectivity index is 1.44. The lowest BCUT2D eigenvalue weighted by molar-refractivity contribution is 0.734. The third kappa shape index (κ3) is 6.08. The van der Waals surface area contributed by atoms with E-state index in [2.05, 4.69) is 152 Å². The van der Waals surface area contributed by atoms with Gasteiger partial charge in [0.25, 0.3) is 0 Å². The molecule has 0 heterocycles. The number of rotatable bonds is 8. The summed E-state index contributed by atoms with van der Waals surface area (Å²) in [6.07, 6.45) is 4.34. The first kappa shape index (κ1) is 27.5. The molecule has 0 amide bonds. The molecule has 1 atom stereocenters. The quantitative estimate of drug-likeness (QED) is 0.162. The normalized spacial score (nSPS) is 11.9. The van der Waals surface area contributed by atoms with Crippen LogP contribution in [0.2, 0.25) is 0 Å². The molecule has 39 heavy (non-hydrogen) atoms. The molecule has 2 heteroatoms. The largest absolute Gasteiger partial charge is 0.129 e. The van der Waals surface area contributed by atoms with E-state index in [1.54, 1.807) is 0 Å². The Morgan fingerprint density at radius 2 is 1.03 bits per heavy atom. The molecule has 0 spiro atoms. The smallest absolute Gasteiger partial charge is 0.0175 e. The average Bonchev–Trinajstić information content (AvgIpc) is 3.00. The first-order valence-electron chi connectivity index (χ1n) is 13.8. The van der Waals surface area contributed by atoms with E-state index >= 15 is 0 Å². The average molecular weight is 592 g/mol. The number of benzene rings is 5. The second-order valence-electron chi connectivity index (χ2n) is 10.2. The lowest BCUT2D eigenvalue weighted by Gasteiger charge is -2.16. The Bertz CT molecular complexity index is 1530. The van der Waals surface area contributed by atoms with Crippen LogP contribution in [-0.4, -0.2) is 6.26 Å². The summed E-state index contributed by atoms with van der Waals surface area (Å²) >= 11 is 5.35.